The second-order valence-corrected chi connectivity index (χ2v) is 4.41. The number of hydrogen-bond donors (Lipinski definition) is 0. The molecule has 1 saturated heterocycles. The summed E-state index contributed by atoms with van der Waals surface area (Å²) in [7, 11) is 0. The minimum absolute atomic E-state index is 0.114. The topological polar surface area (TPSA) is 29.3 Å². The molecule has 0 amide bonds. The van der Waals surface area contributed by atoms with Crippen molar-refractivity contribution in [3.63, 3.8) is 0 Å². The number of piperidine rings is 1. The molecule has 1 aromatic rings. The molecule has 0 atom stereocenters. The third-order valence-corrected chi connectivity index (χ3v) is 3.10. The zero-order valence-corrected chi connectivity index (χ0v) is 9.68. The minimum Gasteiger partial charge on any atom is -0.359 e. The summed E-state index contributed by atoms with van der Waals surface area (Å²) in [5.41, 5.74) is -0.785. The van der Waals surface area contributed by atoms with Crippen LogP contribution in [0.2, 0.25) is 0 Å². The zero-order valence-electron chi connectivity index (χ0n) is 9.68. The van der Waals surface area contributed by atoms with Gasteiger partial charge in [0.1, 0.15) is 0 Å². The van der Waals surface area contributed by atoms with Crippen LogP contribution >= 0.6 is 0 Å². The molecule has 0 N–H and O–H groups in total. The molecule has 0 radical (unpaired) electrons. The Morgan fingerprint density at radius 3 is 2.41 bits per heavy atom. The van der Waals surface area contributed by atoms with Crippen LogP contribution in [0.15, 0.2) is 4.52 Å². The molecule has 3 nitrogen and oxygen atoms in total. The Morgan fingerprint density at radius 2 is 1.88 bits per heavy atom. The van der Waals surface area contributed by atoms with Crippen LogP contribution in [-0.4, -0.2) is 23.1 Å². The van der Waals surface area contributed by atoms with Gasteiger partial charge in [-0.3, -0.25) is 4.90 Å². The molecule has 0 aromatic carbocycles. The molecule has 1 fully saturated rings. The van der Waals surface area contributed by atoms with Crippen molar-refractivity contribution >= 4 is 0 Å². The molecule has 1 aromatic heterocycles. The van der Waals surface area contributed by atoms with E-state index in [-0.39, 0.29) is 5.56 Å². The molecule has 0 bridgehead atoms. The average molecular weight is 248 g/mol. The van der Waals surface area contributed by atoms with E-state index in [4.69, 9.17) is 4.52 Å². The molecule has 6 heteroatoms. The molecule has 96 valence electrons. The Kier molecular flexibility index (Phi) is 3.42. The lowest BCUT2D eigenvalue weighted by Gasteiger charge is -2.25. The van der Waals surface area contributed by atoms with Gasteiger partial charge in [-0.25, -0.2) is 0 Å². The predicted octanol–water partition coefficient (Wildman–Crippen LogP) is 2.99. The number of aromatic nitrogens is 1. The van der Waals surface area contributed by atoms with Crippen LogP contribution in [0.25, 0.3) is 0 Å². The predicted molar refractivity (Wildman–Crippen MR) is 55.4 cm³/mol. The number of rotatable bonds is 2. The number of likely N-dealkylation sites (tertiary alicyclic amines) is 1. The second-order valence-electron chi connectivity index (χ2n) is 4.41. The molecular weight excluding hydrogens is 233 g/mol. The van der Waals surface area contributed by atoms with Gasteiger partial charge in [0, 0.05) is 5.56 Å². The fraction of sp³-hybridized carbons (Fsp3) is 0.727. The highest BCUT2D eigenvalue weighted by Gasteiger charge is 2.38. The fourth-order valence-corrected chi connectivity index (χ4v) is 2.10. The highest BCUT2D eigenvalue weighted by Crippen LogP contribution is 2.32. The molecule has 1 aliphatic heterocycles. The first kappa shape index (κ1) is 12.4. The van der Waals surface area contributed by atoms with Gasteiger partial charge in [0.2, 0.25) is 0 Å². The number of nitrogens with zero attached hydrogens (tertiary/aromatic N) is 2. The van der Waals surface area contributed by atoms with Gasteiger partial charge in [-0.2, -0.15) is 13.2 Å². The lowest BCUT2D eigenvalue weighted by Crippen LogP contribution is -2.29. The normalized spacial score (nSPS) is 18.6. The van der Waals surface area contributed by atoms with E-state index in [2.05, 4.69) is 10.1 Å². The van der Waals surface area contributed by atoms with Crippen LogP contribution < -0.4 is 0 Å². The summed E-state index contributed by atoms with van der Waals surface area (Å²) in [6, 6.07) is 0. The van der Waals surface area contributed by atoms with Gasteiger partial charge in [0.05, 0.1) is 6.54 Å². The Balaban J connectivity index is 2.09. The molecule has 2 heterocycles. The molecule has 0 saturated carbocycles. The van der Waals surface area contributed by atoms with E-state index in [9.17, 15) is 13.2 Å². The first-order valence-corrected chi connectivity index (χ1v) is 5.73. The first-order chi connectivity index (χ1) is 7.98. The Morgan fingerprint density at radius 1 is 1.24 bits per heavy atom. The summed E-state index contributed by atoms with van der Waals surface area (Å²) in [5, 5.41) is 3.13. The highest BCUT2D eigenvalue weighted by molar-refractivity contribution is 5.23. The van der Waals surface area contributed by atoms with Crippen molar-refractivity contribution in [2.24, 2.45) is 0 Å². The van der Waals surface area contributed by atoms with E-state index >= 15 is 0 Å². The maximum atomic E-state index is 12.5. The SMILES string of the molecule is Cc1c(C(F)(F)F)noc1CN1CCCCC1. The molecule has 17 heavy (non-hydrogen) atoms. The summed E-state index contributed by atoms with van der Waals surface area (Å²) in [5.74, 6) is 0.333. The van der Waals surface area contributed by atoms with Crippen molar-refractivity contribution in [1.82, 2.24) is 10.1 Å². The Hall–Kier alpha value is -1.04. The number of halogens is 3. The van der Waals surface area contributed by atoms with Gasteiger partial charge < -0.3 is 4.52 Å². The molecular formula is C11H15F3N2O. The van der Waals surface area contributed by atoms with E-state index in [1.165, 1.54) is 13.3 Å². The van der Waals surface area contributed by atoms with Crippen molar-refractivity contribution < 1.29 is 17.7 Å². The average Bonchev–Trinajstić information content (AvgIpc) is 2.61. The van der Waals surface area contributed by atoms with Crippen molar-refractivity contribution in [2.45, 2.75) is 38.9 Å². The van der Waals surface area contributed by atoms with E-state index in [0.29, 0.717) is 12.3 Å². The third-order valence-electron chi connectivity index (χ3n) is 3.10. The quantitative estimate of drug-likeness (QED) is 0.805. The standard InChI is InChI=1S/C11H15F3N2O/c1-8-9(7-16-5-3-2-4-6-16)17-15-10(8)11(12,13)14/h2-7H2,1H3. The maximum absolute atomic E-state index is 12.5. The van der Waals surface area contributed by atoms with Crippen LogP contribution in [0.4, 0.5) is 13.2 Å². The summed E-state index contributed by atoms with van der Waals surface area (Å²) in [4.78, 5) is 2.11. The van der Waals surface area contributed by atoms with E-state index in [1.54, 1.807) is 0 Å². The number of alkyl halides is 3. The monoisotopic (exact) mass is 248 g/mol. The number of hydrogen-bond acceptors (Lipinski definition) is 3. The van der Waals surface area contributed by atoms with Gasteiger partial charge in [-0.05, 0) is 32.9 Å². The van der Waals surface area contributed by atoms with Crippen LogP contribution in [0.5, 0.6) is 0 Å². The largest absolute Gasteiger partial charge is 0.437 e. The first-order valence-electron chi connectivity index (χ1n) is 5.73. The van der Waals surface area contributed by atoms with Gasteiger partial charge in [-0.15, -0.1) is 0 Å². The zero-order chi connectivity index (χ0) is 12.5. The highest BCUT2D eigenvalue weighted by atomic mass is 19.4. The maximum Gasteiger partial charge on any atom is 0.437 e. The molecule has 2 rings (SSSR count). The Labute approximate surface area is 97.6 Å². The smallest absolute Gasteiger partial charge is 0.359 e. The Bertz CT molecular complexity index is 381. The summed E-state index contributed by atoms with van der Waals surface area (Å²) in [6.07, 6.45) is -1.04. The lowest BCUT2D eigenvalue weighted by molar-refractivity contribution is -0.143. The molecule has 1 aliphatic rings. The van der Waals surface area contributed by atoms with Crippen LogP contribution in [0.3, 0.4) is 0 Å². The summed E-state index contributed by atoms with van der Waals surface area (Å²) in [6.45, 7) is 3.68. The molecule has 0 unspecified atom stereocenters. The van der Waals surface area contributed by atoms with Crippen molar-refractivity contribution in [1.29, 1.82) is 0 Å². The molecule has 0 aliphatic carbocycles. The van der Waals surface area contributed by atoms with Crippen molar-refractivity contribution in [3.8, 4) is 0 Å². The van der Waals surface area contributed by atoms with Crippen LogP contribution in [0, 0.1) is 6.92 Å². The van der Waals surface area contributed by atoms with Crippen LogP contribution in [-0.2, 0) is 12.7 Å². The summed E-state index contributed by atoms with van der Waals surface area (Å²) >= 11 is 0. The van der Waals surface area contributed by atoms with Gasteiger partial charge >= 0.3 is 6.18 Å². The van der Waals surface area contributed by atoms with Gasteiger partial charge in [0.15, 0.2) is 11.5 Å². The van der Waals surface area contributed by atoms with E-state index in [1.807, 2.05) is 0 Å². The lowest BCUT2D eigenvalue weighted by atomic mass is 10.1. The van der Waals surface area contributed by atoms with Gasteiger partial charge in [-0.1, -0.05) is 11.6 Å². The fourth-order valence-electron chi connectivity index (χ4n) is 2.10. The molecule has 0 spiro atoms. The van der Waals surface area contributed by atoms with E-state index < -0.39 is 11.9 Å². The summed E-state index contributed by atoms with van der Waals surface area (Å²) < 4.78 is 42.3. The van der Waals surface area contributed by atoms with Crippen LogP contribution in [0.1, 0.15) is 36.3 Å². The van der Waals surface area contributed by atoms with E-state index in [0.717, 1.165) is 25.9 Å². The van der Waals surface area contributed by atoms with Crippen molar-refractivity contribution in [3.05, 3.63) is 17.0 Å². The second kappa shape index (κ2) is 4.68. The third kappa shape index (κ3) is 2.80. The van der Waals surface area contributed by atoms with Gasteiger partial charge in [0.25, 0.3) is 0 Å². The van der Waals surface area contributed by atoms with Crippen molar-refractivity contribution in [2.75, 3.05) is 13.1 Å². The minimum atomic E-state index is -4.42.